The molecule has 8 heteroatoms. The van der Waals surface area contributed by atoms with E-state index in [-0.39, 0.29) is 11.1 Å². The van der Waals surface area contributed by atoms with Gasteiger partial charge in [-0.1, -0.05) is 13.8 Å². The molecule has 114 valence electrons. The highest BCUT2D eigenvalue weighted by molar-refractivity contribution is 7.89. The molecule has 6 nitrogen and oxygen atoms in total. The second kappa shape index (κ2) is 4.54. The fraction of sp³-hybridized carbons (Fsp3) is 0.538. The fourth-order valence-corrected chi connectivity index (χ4v) is 4.19. The summed E-state index contributed by atoms with van der Waals surface area (Å²) in [6.07, 6.45) is 5.69. The molecule has 0 unspecified atom stereocenters. The Morgan fingerprint density at radius 2 is 2.19 bits per heavy atom. The molecule has 1 aliphatic rings. The van der Waals surface area contributed by atoms with E-state index in [0.29, 0.717) is 0 Å². The number of thiazole rings is 1. The third-order valence-corrected chi connectivity index (χ3v) is 5.40. The Hall–Kier alpha value is -1.41. The fourth-order valence-electron chi connectivity index (χ4n) is 2.63. The van der Waals surface area contributed by atoms with Crippen LogP contribution >= 0.6 is 11.3 Å². The molecule has 1 aliphatic carbocycles. The number of carbonyl (C=O) groups is 1. The van der Waals surface area contributed by atoms with Crippen molar-refractivity contribution in [2.75, 3.05) is 6.26 Å². The van der Waals surface area contributed by atoms with Crippen molar-refractivity contribution >= 4 is 32.2 Å². The van der Waals surface area contributed by atoms with Gasteiger partial charge in [0, 0.05) is 16.8 Å². The van der Waals surface area contributed by atoms with Crippen LogP contribution < -0.4 is 4.72 Å². The van der Waals surface area contributed by atoms with E-state index >= 15 is 0 Å². The van der Waals surface area contributed by atoms with Gasteiger partial charge >= 0.3 is 0 Å². The summed E-state index contributed by atoms with van der Waals surface area (Å²) in [5.74, 6) is -0.683. The van der Waals surface area contributed by atoms with Gasteiger partial charge in [0.15, 0.2) is 4.96 Å². The Morgan fingerprint density at radius 3 is 2.86 bits per heavy atom. The van der Waals surface area contributed by atoms with Crippen LogP contribution in [0.1, 0.15) is 41.3 Å². The molecule has 0 aromatic carbocycles. The van der Waals surface area contributed by atoms with E-state index in [1.165, 1.54) is 10.6 Å². The quantitative estimate of drug-likeness (QED) is 0.908. The van der Waals surface area contributed by atoms with Gasteiger partial charge in [-0.15, -0.1) is 11.3 Å². The Morgan fingerprint density at radius 1 is 1.48 bits per heavy atom. The van der Waals surface area contributed by atoms with Crippen LogP contribution in [0.5, 0.6) is 0 Å². The van der Waals surface area contributed by atoms with Gasteiger partial charge in [0.2, 0.25) is 10.0 Å². The van der Waals surface area contributed by atoms with E-state index in [9.17, 15) is 13.2 Å². The van der Waals surface area contributed by atoms with Crippen LogP contribution in [0.25, 0.3) is 4.96 Å². The maximum Gasteiger partial charge on any atom is 0.284 e. The molecule has 1 N–H and O–H groups in total. The van der Waals surface area contributed by atoms with Crippen molar-refractivity contribution in [1.29, 1.82) is 0 Å². The summed E-state index contributed by atoms with van der Waals surface area (Å²) in [6.45, 7) is 4.46. The van der Waals surface area contributed by atoms with Crippen molar-refractivity contribution in [3.8, 4) is 0 Å². The number of nitrogens with one attached hydrogen (secondary N) is 1. The molecule has 0 saturated carbocycles. The molecule has 21 heavy (non-hydrogen) atoms. The monoisotopic (exact) mass is 327 g/mol. The number of nitrogens with zero attached hydrogens (tertiary/aromatic N) is 2. The summed E-state index contributed by atoms with van der Waals surface area (Å²) in [7, 11) is -3.57. The zero-order valence-corrected chi connectivity index (χ0v) is 13.8. The third-order valence-electron chi connectivity index (χ3n) is 3.69. The van der Waals surface area contributed by atoms with Gasteiger partial charge in [-0.2, -0.15) is 0 Å². The van der Waals surface area contributed by atoms with Crippen LogP contribution in [-0.2, 0) is 22.9 Å². The Kier molecular flexibility index (Phi) is 3.14. The topological polar surface area (TPSA) is 80.5 Å². The summed E-state index contributed by atoms with van der Waals surface area (Å²) in [5.41, 5.74) is 1.57. The van der Waals surface area contributed by atoms with Gasteiger partial charge < -0.3 is 0 Å². The molecular formula is C13H17N3O3S2. The molecule has 0 spiro atoms. The first-order chi connectivity index (χ1) is 9.65. The molecule has 0 bridgehead atoms. The van der Waals surface area contributed by atoms with Gasteiger partial charge in [0.05, 0.1) is 6.26 Å². The van der Waals surface area contributed by atoms with E-state index in [4.69, 9.17) is 0 Å². The number of hydrogen-bond acceptors (Lipinski definition) is 5. The van der Waals surface area contributed by atoms with E-state index in [0.717, 1.165) is 30.5 Å². The maximum absolute atomic E-state index is 11.9. The van der Waals surface area contributed by atoms with Crippen LogP contribution in [-0.4, -0.2) is 30.0 Å². The van der Waals surface area contributed by atoms with E-state index in [1.54, 1.807) is 17.5 Å². The predicted molar refractivity (Wildman–Crippen MR) is 81.2 cm³/mol. The first kappa shape index (κ1) is 14.5. The lowest BCUT2D eigenvalue weighted by Gasteiger charge is -2.29. The minimum atomic E-state index is -3.57. The minimum absolute atomic E-state index is 0.137. The zero-order valence-electron chi connectivity index (χ0n) is 12.1. The number of fused-ring (bicyclic) bond motifs is 3. The maximum atomic E-state index is 11.9. The predicted octanol–water partition coefficient (Wildman–Crippen LogP) is 1.60. The number of aryl methyl sites for hydroxylation is 1. The van der Waals surface area contributed by atoms with E-state index in [1.807, 2.05) is 9.12 Å². The first-order valence-corrected chi connectivity index (χ1v) is 9.37. The second-order valence-electron chi connectivity index (χ2n) is 6.29. The van der Waals surface area contributed by atoms with Crippen molar-refractivity contribution in [3.05, 3.63) is 22.5 Å². The number of hydrogen-bond donors (Lipinski definition) is 1. The van der Waals surface area contributed by atoms with Crippen LogP contribution in [0.3, 0.4) is 0 Å². The standard InChI is InChI=1S/C13H17N3O3S2/c1-13(2)5-4-10-9(6-13)16-7-8(14-12(16)20-10)11(17)15-21(3,18)19/h7H,4-6H2,1-3H3,(H,15,17). The molecule has 2 aromatic rings. The number of aromatic nitrogens is 2. The third kappa shape index (κ3) is 2.82. The molecule has 1 amide bonds. The zero-order chi connectivity index (χ0) is 15.4. The number of sulfonamides is 1. The SMILES string of the molecule is CC1(C)CCc2sc3nc(C(=O)NS(C)(=O)=O)cn3c2C1. The molecule has 0 saturated heterocycles. The first-order valence-electron chi connectivity index (χ1n) is 6.66. The number of imidazole rings is 1. The summed E-state index contributed by atoms with van der Waals surface area (Å²) in [4.78, 5) is 18.2. The van der Waals surface area contributed by atoms with Crippen LogP contribution in [0.4, 0.5) is 0 Å². The van der Waals surface area contributed by atoms with Crippen molar-refractivity contribution in [2.24, 2.45) is 5.41 Å². The van der Waals surface area contributed by atoms with Crippen molar-refractivity contribution in [1.82, 2.24) is 14.1 Å². The van der Waals surface area contributed by atoms with Crippen LogP contribution in [0, 0.1) is 5.41 Å². The van der Waals surface area contributed by atoms with Gasteiger partial charge in [0.1, 0.15) is 5.69 Å². The largest absolute Gasteiger partial charge is 0.294 e. The molecule has 3 rings (SSSR count). The highest BCUT2D eigenvalue weighted by atomic mass is 32.2. The molecule has 0 atom stereocenters. The van der Waals surface area contributed by atoms with Crippen molar-refractivity contribution in [2.45, 2.75) is 33.1 Å². The second-order valence-corrected chi connectivity index (χ2v) is 9.11. The van der Waals surface area contributed by atoms with Gasteiger partial charge in [0.25, 0.3) is 5.91 Å². The molecular weight excluding hydrogens is 310 g/mol. The Balaban J connectivity index is 1.99. The van der Waals surface area contributed by atoms with Crippen LogP contribution in [0.15, 0.2) is 6.20 Å². The lowest BCUT2D eigenvalue weighted by atomic mass is 9.79. The normalized spacial score (nSPS) is 17.7. The summed E-state index contributed by atoms with van der Waals surface area (Å²) in [5, 5.41) is 0. The number of amides is 1. The van der Waals surface area contributed by atoms with Crippen molar-refractivity contribution < 1.29 is 13.2 Å². The lowest BCUT2D eigenvalue weighted by Crippen LogP contribution is -2.29. The number of carbonyl (C=O) groups excluding carboxylic acids is 1. The molecule has 2 aromatic heterocycles. The average Bonchev–Trinajstić information content (AvgIpc) is 2.84. The summed E-state index contributed by atoms with van der Waals surface area (Å²) < 4.78 is 26.1. The summed E-state index contributed by atoms with van der Waals surface area (Å²) in [6, 6.07) is 0. The van der Waals surface area contributed by atoms with Crippen molar-refractivity contribution in [3.63, 3.8) is 0 Å². The average molecular weight is 327 g/mol. The van der Waals surface area contributed by atoms with Crippen LogP contribution in [0.2, 0.25) is 0 Å². The van der Waals surface area contributed by atoms with Gasteiger partial charge in [-0.05, 0) is 24.7 Å². The molecule has 0 radical (unpaired) electrons. The van der Waals surface area contributed by atoms with Gasteiger partial charge in [-0.3, -0.25) is 9.20 Å². The molecule has 0 aliphatic heterocycles. The Bertz CT molecular complexity index is 830. The highest BCUT2D eigenvalue weighted by Crippen LogP contribution is 2.38. The minimum Gasteiger partial charge on any atom is -0.294 e. The Labute approximate surface area is 127 Å². The number of rotatable bonds is 2. The molecule has 2 heterocycles. The van der Waals surface area contributed by atoms with E-state index < -0.39 is 15.9 Å². The summed E-state index contributed by atoms with van der Waals surface area (Å²) >= 11 is 1.58. The lowest BCUT2D eigenvalue weighted by molar-refractivity contribution is 0.0977. The van der Waals surface area contributed by atoms with Gasteiger partial charge in [-0.25, -0.2) is 18.1 Å². The smallest absolute Gasteiger partial charge is 0.284 e. The highest BCUT2D eigenvalue weighted by Gasteiger charge is 2.29. The van der Waals surface area contributed by atoms with E-state index in [2.05, 4.69) is 18.8 Å². The molecule has 0 fully saturated rings.